The molecule has 3 rings (SSSR count). The van der Waals surface area contributed by atoms with Crippen molar-refractivity contribution in [2.75, 3.05) is 0 Å². The third-order valence-electron chi connectivity index (χ3n) is 3.00. The monoisotopic (exact) mass is 348 g/mol. The minimum atomic E-state index is -0.0249. The molecule has 0 aliphatic rings. The van der Waals surface area contributed by atoms with Crippen LogP contribution in [0.1, 0.15) is 33.2 Å². The van der Waals surface area contributed by atoms with E-state index in [1.807, 2.05) is 0 Å². The number of hydrogen-bond acceptors (Lipinski definition) is 7. The van der Waals surface area contributed by atoms with Gasteiger partial charge in [-0.25, -0.2) is 4.98 Å². The third-order valence-corrected chi connectivity index (χ3v) is 3.00. The second-order valence-electron chi connectivity index (χ2n) is 4.77. The van der Waals surface area contributed by atoms with Crippen LogP contribution in [0.2, 0.25) is 0 Å². The first-order chi connectivity index (χ1) is 10.9. The lowest BCUT2D eigenvalue weighted by molar-refractivity contribution is 0.318. The van der Waals surface area contributed by atoms with Gasteiger partial charge in [-0.1, -0.05) is 20.0 Å². The van der Waals surface area contributed by atoms with Gasteiger partial charge in [0.15, 0.2) is 11.5 Å². The van der Waals surface area contributed by atoms with Gasteiger partial charge in [-0.05, 0) is 37.3 Å². The van der Waals surface area contributed by atoms with Gasteiger partial charge in [-0.15, -0.1) is 0 Å². The van der Waals surface area contributed by atoms with Crippen LogP contribution in [0.5, 0.6) is 17.2 Å². The van der Waals surface area contributed by atoms with Crippen LogP contribution >= 0.6 is 0 Å². The lowest BCUT2D eigenvalue weighted by Crippen LogP contribution is -1.94. The van der Waals surface area contributed by atoms with Gasteiger partial charge in [0.1, 0.15) is 22.8 Å². The largest absolute Gasteiger partial charge is 0.508 e. The van der Waals surface area contributed by atoms with Crippen LogP contribution in [0.15, 0.2) is 46.0 Å². The molecule has 0 fully saturated rings. The standard InChI is InChI=1S/C8H9NO3.C8H7NO2.2CH4/c1-5(9-12)7-4-6(10)2-3-8(7)11;1-5-9-7-4-6(10)2-3-8(7)11-5;;/h2-4,10-12H,1H3;2-4,10H,1H3;2*1H4/b9-5+;;;. The van der Waals surface area contributed by atoms with Gasteiger partial charge in [0.2, 0.25) is 0 Å². The van der Waals surface area contributed by atoms with Gasteiger partial charge in [0.25, 0.3) is 0 Å². The molecular weight excluding hydrogens is 324 g/mol. The molecule has 1 heterocycles. The van der Waals surface area contributed by atoms with E-state index < -0.39 is 0 Å². The fraction of sp³-hybridized carbons (Fsp3) is 0.222. The van der Waals surface area contributed by atoms with Crippen LogP contribution in [-0.4, -0.2) is 31.2 Å². The van der Waals surface area contributed by atoms with Crippen LogP contribution in [0, 0.1) is 6.92 Å². The maximum absolute atomic E-state index is 9.23. The maximum Gasteiger partial charge on any atom is 0.192 e. The number of benzene rings is 2. The SMILES string of the molecule is C.C.C/C(=N\O)c1cc(O)ccc1O.Cc1nc2cc(O)ccc2o1. The minimum absolute atomic E-state index is 0. The smallest absolute Gasteiger partial charge is 0.192 e. The Bertz CT molecular complexity index is 856. The number of fused-ring (bicyclic) bond motifs is 1. The average Bonchev–Trinajstić information content (AvgIpc) is 2.88. The summed E-state index contributed by atoms with van der Waals surface area (Å²) < 4.78 is 5.20. The molecule has 0 bridgehead atoms. The van der Waals surface area contributed by atoms with E-state index in [2.05, 4.69) is 10.1 Å². The molecular formula is C18H24N2O5. The highest BCUT2D eigenvalue weighted by Crippen LogP contribution is 2.22. The molecule has 3 aromatic rings. The number of rotatable bonds is 1. The van der Waals surface area contributed by atoms with Crippen LogP contribution in [-0.2, 0) is 0 Å². The number of phenolic OH excluding ortho intramolecular Hbond substituents is 3. The van der Waals surface area contributed by atoms with Gasteiger partial charge in [0, 0.05) is 18.6 Å². The summed E-state index contributed by atoms with van der Waals surface area (Å²) in [6.45, 7) is 3.30. The van der Waals surface area contributed by atoms with Crippen molar-refractivity contribution < 1.29 is 24.9 Å². The molecule has 0 unspecified atom stereocenters. The van der Waals surface area contributed by atoms with Gasteiger partial charge >= 0.3 is 0 Å². The maximum atomic E-state index is 9.23. The van der Waals surface area contributed by atoms with E-state index in [-0.39, 0.29) is 37.8 Å². The summed E-state index contributed by atoms with van der Waals surface area (Å²) in [7, 11) is 0. The Morgan fingerprint density at radius 2 is 1.60 bits per heavy atom. The highest BCUT2D eigenvalue weighted by Gasteiger charge is 2.05. The predicted octanol–water partition coefficient (Wildman–Crippen LogP) is 4.41. The van der Waals surface area contributed by atoms with Crippen LogP contribution in [0.3, 0.4) is 0 Å². The molecule has 1 aromatic heterocycles. The van der Waals surface area contributed by atoms with Crippen molar-refractivity contribution in [1.29, 1.82) is 0 Å². The zero-order valence-corrected chi connectivity index (χ0v) is 12.6. The Morgan fingerprint density at radius 3 is 2.24 bits per heavy atom. The lowest BCUT2D eigenvalue weighted by atomic mass is 10.1. The molecule has 7 heteroatoms. The number of oxime groups is 1. The molecule has 0 aliphatic carbocycles. The molecule has 7 nitrogen and oxygen atoms in total. The number of aromatic hydroxyl groups is 3. The summed E-state index contributed by atoms with van der Waals surface area (Å²) in [6, 6.07) is 8.86. The van der Waals surface area contributed by atoms with Crippen molar-refractivity contribution in [1.82, 2.24) is 4.98 Å². The summed E-state index contributed by atoms with van der Waals surface area (Å²) in [5.41, 5.74) is 1.98. The number of phenols is 3. The summed E-state index contributed by atoms with van der Waals surface area (Å²) in [5, 5.41) is 38.6. The Morgan fingerprint density at radius 1 is 1.00 bits per heavy atom. The number of hydrogen-bond donors (Lipinski definition) is 4. The van der Waals surface area contributed by atoms with Gasteiger partial charge in [0.05, 0.1) is 5.71 Å². The van der Waals surface area contributed by atoms with Gasteiger partial charge in [-0.3, -0.25) is 0 Å². The predicted molar refractivity (Wildman–Crippen MR) is 97.6 cm³/mol. The first-order valence-electron chi connectivity index (χ1n) is 6.68. The summed E-state index contributed by atoms with van der Waals surface area (Å²) in [5.74, 6) is 0.824. The van der Waals surface area contributed by atoms with Crippen LogP contribution < -0.4 is 0 Å². The number of aryl methyl sites for hydroxylation is 1. The molecule has 0 saturated heterocycles. The number of oxazole rings is 1. The van der Waals surface area contributed by atoms with Crippen molar-refractivity contribution in [3.8, 4) is 17.2 Å². The second-order valence-corrected chi connectivity index (χ2v) is 4.77. The van der Waals surface area contributed by atoms with Crippen molar-refractivity contribution in [3.05, 3.63) is 47.9 Å². The molecule has 0 amide bonds. The quantitative estimate of drug-likeness (QED) is 0.224. The molecule has 0 aliphatic heterocycles. The van der Waals surface area contributed by atoms with Crippen molar-refractivity contribution in [3.63, 3.8) is 0 Å². The number of aromatic nitrogens is 1. The Kier molecular flexibility index (Phi) is 7.99. The van der Waals surface area contributed by atoms with Crippen molar-refractivity contribution >= 4 is 16.8 Å². The van der Waals surface area contributed by atoms with Gasteiger partial charge < -0.3 is 24.9 Å². The fourth-order valence-corrected chi connectivity index (χ4v) is 1.90. The molecule has 4 N–H and O–H groups in total. The minimum Gasteiger partial charge on any atom is -0.508 e. The molecule has 0 radical (unpaired) electrons. The molecule has 25 heavy (non-hydrogen) atoms. The topological polar surface area (TPSA) is 119 Å². The Hall–Kier alpha value is -3.22. The van der Waals surface area contributed by atoms with E-state index in [0.717, 1.165) is 0 Å². The molecule has 136 valence electrons. The van der Waals surface area contributed by atoms with E-state index in [9.17, 15) is 5.11 Å². The first kappa shape index (κ1) is 21.8. The first-order valence-corrected chi connectivity index (χ1v) is 6.68. The second kappa shape index (κ2) is 9.17. The summed E-state index contributed by atoms with van der Waals surface area (Å²) >= 11 is 0. The van der Waals surface area contributed by atoms with E-state index in [1.165, 1.54) is 25.1 Å². The van der Waals surface area contributed by atoms with Crippen molar-refractivity contribution in [2.24, 2.45) is 5.16 Å². The molecule has 0 atom stereocenters. The normalized spacial score (nSPS) is 10.2. The zero-order chi connectivity index (χ0) is 17.0. The Labute approximate surface area is 146 Å². The molecule has 0 saturated carbocycles. The van der Waals surface area contributed by atoms with E-state index in [1.54, 1.807) is 25.1 Å². The van der Waals surface area contributed by atoms with Crippen LogP contribution in [0.25, 0.3) is 11.1 Å². The highest BCUT2D eigenvalue weighted by molar-refractivity contribution is 6.00. The third kappa shape index (κ3) is 5.42. The zero-order valence-electron chi connectivity index (χ0n) is 12.6. The Balaban J connectivity index is 0.000000427. The van der Waals surface area contributed by atoms with E-state index in [0.29, 0.717) is 22.6 Å². The lowest BCUT2D eigenvalue weighted by Gasteiger charge is -2.02. The van der Waals surface area contributed by atoms with E-state index >= 15 is 0 Å². The molecule has 0 spiro atoms. The summed E-state index contributed by atoms with van der Waals surface area (Å²) in [6.07, 6.45) is 0. The number of nitrogens with zero attached hydrogens (tertiary/aromatic N) is 2. The van der Waals surface area contributed by atoms with Crippen molar-refractivity contribution in [2.45, 2.75) is 28.7 Å². The highest BCUT2D eigenvalue weighted by atomic mass is 16.4. The van der Waals surface area contributed by atoms with Crippen LogP contribution in [0.4, 0.5) is 0 Å². The molecule has 2 aromatic carbocycles. The fourth-order valence-electron chi connectivity index (χ4n) is 1.90. The van der Waals surface area contributed by atoms with E-state index in [4.69, 9.17) is 19.8 Å². The van der Waals surface area contributed by atoms with Gasteiger partial charge in [-0.2, -0.15) is 0 Å². The average molecular weight is 348 g/mol. The summed E-state index contributed by atoms with van der Waals surface area (Å²) in [4.78, 5) is 4.05.